The molecule has 5 nitrogen and oxygen atoms in total. The smallest absolute Gasteiger partial charge is 0.184 e. The van der Waals surface area contributed by atoms with Crippen LogP contribution >= 0.6 is 11.6 Å². The lowest BCUT2D eigenvalue weighted by atomic mass is 10.1. The van der Waals surface area contributed by atoms with Crippen LogP contribution in [0.5, 0.6) is 0 Å². The summed E-state index contributed by atoms with van der Waals surface area (Å²) in [5.74, 6) is 1.54. The fraction of sp³-hybridized carbons (Fsp3) is 0.462. The number of rotatable bonds is 4. The zero-order valence-corrected chi connectivity index (χ0v) is 11.5. The number of tetrazole rings is 1. The van der Waals surface area contributed by atoms with Crippen molar-refractivity contribution in [2.75, 3.05) is 5.73 Å². The average molecular weight is 278 g/mol. The summed E-state index contributed by atoms with van der Waals surface area (Å²) in [6.45, 7) is 2.14. The maximum Gasteiger partial charge on any atom is 0.184 e. The SMILES string of the molecule is CC(CC1CC1)n1nnnc1-c1ccc(Cl)cc1N. The first-order chi connectivity index (χ1) is 9.15. The molecular formula is C13H16ClN5. The summed E-state index contributed by atoms with van der Waals surface area (Å²) in [5.41, 5.74) is 7.43. The van der Waals surface area contributed by atoms with Gasteiger partial charge in [0.15, 0.2) is 5.82 Å². The highest BCUT2D eigenvalue weighted by atomic mass is 35.5. The molecule has 100 valence electrons. The van der Waals surface area contributed by atoms with E-state index >= 15 is 0 Å². The molecule has 0 radical (unpaired) electrons. The van der Waals surface area contributed by atoms with Gasteiger partial charge in [0.05, 0.1) is 6.04 Å². The van der Waals surface area contributed by atoms with Gasteiger partial charge < -0.3 is 5.73 Å². The monoisotopic (exact) mass is 277 g/mol. The van der Waals surface area contributed by atoms with Crippen molar-refractivity contribution >= 4 is 17.3 Å². The summed E-state index contributed by atoms with van der Waals surface area (Å²) in [7, 11) is 0. The molecule has 1 fully saturated rings. The van der Waals surface area contributed by atoms with Gasteiger partial charge in [-0.2, -0.15) is 0 Å². The van der Waals surface area contributed by atoms with Crippen molar-refractivity contribution in [3.05, 3.63) is 23.2 Å². The first-order valence-electron chi connectivity index (χ1n) is 6.48. The lowest BCUT2D eigenvalue weighted by Gasteiger charge is -2.13. The number of anilines is 1. The van der Waals surface area contributed by atoms with E-state index in [1.54, 1.807) is 12.1 Å². The Kier molecular flexibility index (Phi) is 3.14. The van der Waals surface area contributed by atoms with Gasteiger partial charge in [-0.3, -0.25) is 0 Å². The van der Waals surface area contributed by atoms with Gasteiger partial charge in [-0.25, -0.2) is 4.68 Å². The van der Waals surface area contributed by atoms with E-state index in [2.05, 4.69) is 22.4 Å². The number of nitrogens with two attached hydrogens (primary N) is 1. The zero-order chi connectivity index (χ0) is 13.4. The summed E-state index contributed by atoms with van der Waals surface area (Å²) in [5, 5.41) is 12.6. The fourth-order valence-corrected chi connectivity index (χ4v) is 2.52. The normalized spacial score (nSPS) is 16.5. The Hall–Kier alpha value is -1.62. The first kappa shape index (κ1) is 12.4. The molecular weight excluding hydrogens is 262 g/mol. The second-order valence-corrected chi connectivity index (χ2v) is 5.64. The largest absolute Gasteiger partial charge is 0.398 e. The third kappa shape index (κ3) is 2.56. The molecule has 1 aliphatic rings. The van der Waals surface area contributed by atoms with Crippen molar-refractivity contribution in [1.82, 2.24) is 20.2 Å². The van der Waals surface area contributed by atoms with E-state index in [-0.39, 0.29) is 6.04 Å². The van der Waals surface area contributed by atoms with Crippen molar-refractivity contribution < 1.29 is 0 Å². The van der Waals surface area contributed by atoms with Gasteiger partial charge in [0, 0.05) is 16.3 Å². The van der Waals surface area contributed by atoms with E-state index in [4.69, 9.17) is 17.3 Å². The molecule has 0 saturated heterocycles. The number of hydrogen-bond donors (Lipinski definition) is 1. The van der Waals surface area contributed by atoms with Crippen LogP contribution in [0.1, 0.15) is 32.2 Å². The van der Waals surface area contributed by atoms with Gasteiger partial charge in [-0.1, -0.05) is 24.4 Å². The van der Waals surface area contributed by atoms with Crippen molar-refractivity contribution in [1.29, 1.82) is 0 Å². The summed E-state index contributed by atoms with van der Waals surface area (Å²) >= 11 is 5.92. The quantitative estimate of drug-likeness (QED) is 0.873. The van der Waals surface area contributed by atoms with Gasteiger partial charge in [-0.05, 0) is 47.9 Å². The van der Waals surface area contributed by atoms with Crippen LogP contribution < -0.4 is 5.73 Å². The van der Waals surface area contributed by atoms with Crippen LogP contribution in [-0.2, 0) is 0 Å². The number of nitrogen functional groups attached to an aromatic ring is 1. The minimum absolute atomic E-state index is 0.285. The van der Waals surface area contributed by atoms with Crippen LogP contribution in [0.4, 0.5) is 5.69 Å². The standard InChI is InChI=1S/C13H16ClN5/c1-8(6-9-2-3-9)19-13(16-17-18-19)11-5-4-10(14)7-12(11)15/h4-5,7-9H,2-3,6,15H2,1H3. The predicted octanol–water partition coefficient (Wildman–Crippen LogP) is 2.94. The fourth-order valence-electron chi connectivity index (χ4n) is 2.34. The molecule has 1 aromatic heterocycles. The van der Waals surface area contributed by atoms with Crippen molar-refractivity contribution in [2.24, 2.45) is 5.92 Å². The molecule has 0 amide bonds. The topological polar surface area (TPSA) is 69.6 Å². The van der Waals surface area contributed by atoms with Crippen molar-refractivity contribution in [2.45, 2.75) is 32.2 Å². The second-order valence-electron chi connectivity index (χ2n) is 5.21. The lowest BCUT2D eigenvalue weighted by Crippen LogP contribution is -2.10. The molecule has 0 bridgehead atoms. The molecule has 2 aromatic rings. The summed E-state index contributed by atoms with van der Waals surface area (Å²) < 4.78 is 1.86. The van der Waals surface area contributed by atoms with Gasteiger partial charge in [-0.15, -0.1) is 5.10 Å². The maximum absolute atomic E-state index is 6.00. The van der Waals surface area contributed by atoms with Crippen molar-refractivity contribution in [3.8, 4) is 11.4 Å². The van der Waals surface area contributed by atoms with Gasteiger partial charge in [0.25, 0.3) is 0 Å². The Labute approximate surface area is 116 Å². The van der Waals surface area contributed by atoms with E-state index in [0.29, 0.717) is 16.5 Å². The summed E-state index contributed by atoms with van der Waals surface area (Å²) in [6.07, 6.45) is 3.77. The van der Waals surface area contributed by atoms with Gasteiger partial charge in [0.1, 0.15) is 0 Å². The molecule has 0 aliphatic heterocycles. The molecule has 6 heteroatoms. The van der Waals surface area contributed by atoms with Crippen molar-refractivity contribution in [3.63, 3.8) is 0 Å². The number of halogens is 1. The molecule has 3 rings (SSSR count). The molecule has 1 heterocycles. The molecule has 2 N–H and O–H groups in total. The predicted molar refractivity (Wildman–Crippen MR) is 74.7 cm³/mol. The Morgan fingerprint density at radius 2 is 2.26 bits per heavy atom. The highest BCUT2D eigenvalue weighted by Crippen LogP contribution is 2.37. The number of benzene rings is 1. The van der Waals surface area contributed by atoms with Crippen LogP contribution in [0, 0.1) is 5.92 Å². The highest BCUT2D eigenvalue weighted by Gasteiger charge is 2.26. The lowest BCUT2D eigenvalue weighted by molar-refractivity contribution is 0.430. The minimum atomic E-state index is 0.285. The van der Waals surface area contributed by atoms with E-state index in [1.165, 1.54) is 12.8 Å². The molecule has 1 atom stereocenters. The van der Waals surface area contributed by atoms with E-state index in [1.807, 2.05) is 10.7 Å². The van der Waals surface area contributed by atoms with E-state index in [0.717, 1.165) is 17.9 Å². The third-order valence-corrected chi connectivity index (χ3v) is 3.77. The Morgan fingerprint density at radius 1 is 1.47 bits per heavy atom. The Bertz CT molecular complexity index is 590. The molecule has 1 aliphatic carbocycles. The Balaban J connectivity index is 1.93. The summed E-state index contributed by atoms with van der Waals surface area (Å²) in [4.78, 5) is 0. The second kappa shape index (κ2) is 4.81. The highest BCUT2D eigenvalue weighted by molar-refractivity contribution is 6.31. The average Bonchev–Trinajstić information content (AvgIpc) is 3.04. The maximum atomic E-state index is 6.00. The first-order valence-corrected chi connectivity index (χ1v) is 6.86. The third-order valence-electron chi connectivity index (χ3n) is 3.54. The molecule has 0 spiro atoms. The Morgan fingerprint density at radius 3 is 2.95 bits per heavy atom. The van der Waals surface area contributed by atoms with Crippen LogP contribution in [-0.4, -0.2) is 20.2 Å². The molecule has 1 aromatic carbocycles. The zero-order valence-electron chi connectivity index (χ0n) is 10.8. The molecule has 19 heavy (non-hydrogen) atoms. The van der Waals surface area contributed by atoms with Gasteiger partial charge in [0.2, 0.25) is 0 Å². The van der Waals surface area contributed by atoms with Crippen LogP contribution in [0.3, 0.4) is 0 Å². The molecule has 1 unspecified atom stereocenters. The minimum Gasteiger partial charge on any atom is -0.398 e. The van der Waals surface area contributed by atoms with Crippen LogP contribution in [0.25, 0.3) is 11.4 Å². The van der Waals surface area contributed by atoms with Crippen LogP contribution in [0.2, 0.25) is 5.02 Å². The summed E-state index contributed by atoms with van der Waals surface area (Å²) in [6, 6.07) is 5.68. The van der Waals surface area contributed by atoms with E-state index in [9.17, 15) is 0 Å². The number of hydrogen-bond acceptors (Lipinski definition) is 4. The van der Waals surface area contributed by atoms with E-state index < -0.39 is 0 Å². The van der Waals surface area contributed by atoms with Crippen LogP contribution in [0.15, 0.2) is 18.2 Å². The molecule has 1 saturated carbocycles. The number of aromatic nitrogens is 4. The number of nitrogens with zero attached hydrogens (tertiary/aromatic N) is 4. The van der Waals surface area contributed by atoms with Gasteiger partial charge >= 0.3 is 0 Å².